The zero-order valence-corrected chi connectivity index (χ0v) is 21.3. The Bertz CT molecular complexity index is 1070. The lowest BCUT2D eigenvalue weighted by atomic mass is 10.1. The average molecular weight is 474 g/mol. The number of thiazole rings is 1. The first kappa shape index (κ1) is 24.5. The molecule has 3 rings (SSSR count). The molecule has 0 aliphatic heterocycles. The van der Waals surface area contributed by atoms with Gasteiger partial charge in [-0.05, 0) is 82.2 Å². The predicted molar refractivity (Wildman–Crippen MR) is 135 cm³/mol. The number of halogens is 1. The summed E-state index contributed by atoms with van der Waals surface area (Å²) in [5, 5.41) is 1.33. The fourth-order valence-corrected chi connectivity index (χ4v) is 4.74. The molecule has 2 aromatic carbocycles. The smallest absolute Gasteiger partial charge is 0.272 e. The second kappa shape index (κ2) is 10.2. The molecule has 0 aliphatic rings. The number of aromatic nitrogens is 1. The topological polar surface area (TPSA) is 45.7 Å². The molecule has 0 atom stereocenters. The minimum Gasteiger partial charge on any atom is -0.478 e. The van der Waals surface area contributed by atoms with E-state index in [0.29, 0.717) is 22.4 Å². The fraction of sp³-hybridized carbons (Fsp3) is 0.440. The molecule has 0 aliphatic carbocycles. The number of nitrogens with zero attached hydrogens (tertiary/aromatic N) is 3. The molecule has 1 amide bonds. The molecule has 0 N–H and O–H groups in total. The molecule has 0 saturated carbocycles. The Kier molecular flexibility index (Phi) is 7.80. The quantitative estimate of drug-likeness (QED) is 0.376. The van der Waals surface area contributed by atoms with E-state index in [1.165, 1.54) is 5.56 Å². The summed E-state index contributed by atoms with van der Waals surface area (Å²) in [5.74, 6) is 0.486. The molecule has 5 nitrogen and oxygen atoms in total. The zero-order valence-electron chi connectivity index (χ0n) is 19.7. The van der Waals surface area contributed by atoms with Gasteiger partial charge in [-0.1, -0.05) is 42.9 Å². The highest BCUT2D eigenvalue weighted by atomic mass is 35.5. The number of rotatable bonds is 9. The van der Waals surface area contributed by atoms with Crippen LogP contribution in [-0.4, -0.2) is 47.6 Å². The Balaban J connectivity index is 1.95. The zero-order chi connectivity index (χ0) is 23.5. The van der Waals surface area contributed by atoms with Crippen molar-refractivity contribution in [3.63, 3.8) is 0 Å². The van der Waals surface area contributed by atoms with Crippen molar-refractivity contribution in [3.8, 4) is 5.75 Å². The van der Waals surface area contributed by atoms with Gasteiger partial charge in [0.2, 0.25) is 0 Å². The molecule has 1 heterocycles. The average Bonchev–Trinajstić information content (AvgIpc) is 3.20. The van der Waals surface area contributed by atoms with Crippen LogP contribution in [0.2, 0.25) is 5.02 Å². The summed E-state index contributed by atoms with van der Waals surface area (Å²) in [6.07, 6.45) is 0. The lowest BCUT2D eigenvalue weighted by Crippen LogP contribution is -2.51. The van der Waals surface area contributed by atoms with Crippen LogP contribution in [0.15, 0.2) is 36.4 Å². The van der Waals surface area contributed by atoms with Crippen LogP contribution in [0.3, 0.4) is 0 Å². The number of hydrogen-bond donors (Lipinski definition) is 0. The van der Waals surface area contributed by atoms with E-state index in [4.69, 9.17) is 21.3 Å². The number of carbonyl (C=O) groups is 1. The van der Waals surface area contributed by atoms with E-state index in [9.17, 15) is 4.79 Å². The van der Waals surface area contributed by atoms with Crippen LogP contribution in [-0.2, 0) is 4.79 Å². The highest BCUT2D eigenvalue weighted by molar-refractivity contribution is 7.22. The van der Waals surface area contributed by atoms with Gasteiger partial charge in [0, 0.05) is 18.1 Å². The molecule has 0 radical (unpaired) electrons. The van der Waals surface area contributed by atoms with Crippen molar-refractivity contribution in [2.24, 2.45) is 0 Å². The van der Waals surface area contributed by atoms with Gasteiger partial charge in [-0.2, -0.15) is 0 Å². The number of fused-ring (bicyclic) bond motifs is 1. The summed E-state index contributed by atoms with van der Waals surface area (Å²) < 4.78 is 7.19. The Morgan fingerprint density at radius 3 is 2.34 bits per heavy atom. The van der Waals surface area contributed by atoms with Gasteiger partial charge in [0.05, 0.1) is 10.2 Å². The van der Waals surface area contributed by atoms with E-state index in [1.54, 1.807) is 54.3 Å². The van der Waals surface area contributed by atoms with E-state index in [1.807, 2.05) is 0 Å². The number of carbonyl (C=O) groups excluding carboxylic acids is 1. The molecular formula is C25H32ClN3O2S. The maximum atomic E-state index is 13.8. The largest absolute Gasteiger partial charge is 0.478 e. The van der Waals surface area contributed by atoms with Crippen LogP contribution in [0.4, 0.5) is 5.13 Å². The number of ether oxygens (including phenoxy) is 1. The number of amides is 1. The van der Waals surface area contributed by atoms with Crippen molar-refractivity contribution >= 4 is 44.2 Å². The molecule has 1 aromatic heterocycles. The fourth-order valence-electron chi connectivity index (χ4n) is 3.56. The first-order valence-electron chi connectivity index (χ1n) is 11.0. The van der Waals surface area contributed by atoms with Crippen molar-refractivity contribution < 1.29 is 9.53 Å². The lowest BCUT2D eigenvalue weighted by Gasteiger charge is -2.32. The van der Waals surface area contributed by atoms with Crippen molar-refractivity contribution in [1.29, 1.82) is 0 Å². The number of likely N-dealkylation sites (N-methyl/N-ethyl adjacent to an activating group) is 1. The van der Waals surface area contributed by atoms with Crippen LogP contribution in [0.5, 0.6) is 5.75 Å². The molecule has 7 heteroatoms. The Morgan fingerprint density at radius 2 is 1.72 bits per heavy atom. The molecule has 0 spiro atoms. The third-order valence-corrected chi connectivity index (χ3v) is 7.08. The highest BCUT2D eigenvalue weighted by Gasteiger charge is 2.36. The summed E-state index contributed by atoms with van der Waals surface area (Å²) in [5.41, 5.74) is 2.24. The van der Waals surface area contributed by atoms with E-state index >= 15 is 0 Å². The first-order valence-corrected chi connectivity index (χ1v) is 12.2. The standard InChI is InChI=1S/C25H32ClN3O2S/c1-7-28(8-2)15-16-29(24-27-22-18(4)17(3)9-14-21(22)32-24)23(30)25(5,6)31-20-12-10-19(26)11-13-20/h9-14H,7-8,15-16H2,1-6H3. The van der Waals surface area contributed by atoms with Crippen LogP contribution in [0.1, 0.15) is 38.8 Å². The number of hydrogen-bond acceptors (Lipinski definition) is 5. The number of anilines is 1. The molecule has 0 unspecified atom stereocenters. The van der Waals surface area contributed by atoms with Gasteiger partial charge in [-0.3, -0.25) is 9.69 Å². The Morgan fingerprint density at radius 1 is 1.06 bits per heavy atom. The SMILES string of the molecule is CCN(CC)CCN(C(=O)C(C)(C)Oc1ccc(Cl)cc1)c1nc2c(C)c(C)ccc2s1. The monoisotopic (exact) mass is 473 g/mol. The molecule has 172 valence electrons. The summed E-state index contributed by atoms with van der Waals surface area (Å²) in [4.78, 5) is 22.8. The van der Waals surface area contributed by atoms with Gasteiger partial charge in [0.15, 0.2) is 10.7 Å². The van der Waals surface area contributed by atoms with Crippen LogP contribution in [0, 0.1) is 13.8 Å². The van der Waals surface area contributed by atoms with E-state index in [-0.39, 0.29) is 5.91 Å². The summed E-state index contributed by atoms with van der Waals surface area (Å²) in [7, 11) is 0. The molecule has 0 fully saturated rings. The Hall–Kier alpha value is -2.15. The minimum absolute atomic E-state index is 0.118. The lowest BCUT2D eigenvalue weighted by molar-refractivity contribution is -0.131. The summed E-state index contributed by atoms with van der Waals surface area (Å²) in [6.45, 7) is 15.2. The Labute approximate surface area is 200 Å². The molecule has 3 aromatic rings. The predicted octanol–water partition coefficient (Wildman–Crippen LogP) is 6.10. The summed E-state index contributed by atoms with van der Waals surface area (Å²) in [6, 6.07) is 11.3. The van der Waals surface area contributed by atoms with Gasteiger partial charge >= 0.3 is 0 Å². The highest BCUT2D eigenvalue weighted by Crippen LogP contribution is 2.33. The second-order valence-electron chi connectivity index (χ2n) is 8.40. The maximum Gasteiger partial charge on any atom is 0.272 e. The van der Waals surface area contributed by atoms with Gasteiger partial charge in [-0.25, -0.2) is 4.98 Å². The maximum absolute atomic E-state index is 13.8. The minimum atomic E-state index is -1.07. The van der Waals surface area contributed by atoms with Gasteiger partial charge in [0.1, 0.15) is 5.75 Å². The summed E-state index contributed by atoms with van der Waals surface area (Å²) >= 11 is 7.54. The second-order valence-corrected chi connectivity index (χ2v) is 9.85. The first-order chi connectivity index (χ1) is 15.2. The van der Waals surface area contributed by atoms with Gasteiger partial charge < -0.3 is 9.64 Å². The van der Waals surface area contributed by atoms with Crippen molar-refractivity contribution in [3.05, 3.63) is 52.5 Å². The third kappa shape index (κ3) is 5.42. The molecule has 32 heavy (non-hydrogen) atoms. The number of benzene rings is 2. The van der Waals surface area contributed by atoms with Crippen LogP contribution in [0.25, 0.3) is 10.2 Å². The van der Waals surface area contributed by atoms with Crippen molar-refractivity contribution in [2.45, 2.75) is 47.1 Å². The van der Waals surface area contributed by atoms with Crippen LogP contribution < -0.4 is 9.64 Å². The molecule has 0 bridgehead atoms. The normalized spacial score (nSPS) is 11.9. The van der Waals surface area contributed by atoms with E-state index < -0.39 is 5.60 Å². The van der Waals surface area contributed by atoms with Crippen molar-refractivity contribution in [1.82, 2.24) is 9.88 Å². The third-order valence-electron chi connectivity index (χ3n) is 5.79. The van der Waals surface area contributed by atoms with Crippen molar-refractivity contribution in [2.75, 3.05) is 31.1 Å². The van der Waals surface area contributed by atoms with Crippen LogP contribution >= 0.6 is 22.9 Å². The molecule has 0 saturated heterocycles. The van der Waals surface area contributed by atoms with E-state index in [2.05, 4.69) is 44.7 Å². The van der Waals surface area contributed by atoms with E-state index in [0.717, 1.165) is 35.4 Å². The molecular weight excluding hydrogens is 442 g/mol. The van der Waals surface area contributed by atoms with Gasteiger partial charge in [0.25, 0.3) is 5.91 Å². The van der Waals surface area contributed by atoms with Gasteiger partial charge in [-0.15, -0.1) is 0 Å². The number of aryl methyl sites for hydroxylation is 2.